The van der Waals surface area contributed by atoms with Crippen molar-refractivity contribution in [1.82, 2.24) is 5.32 Å². The second-order valence-electron chi connectivity index (χ2n) is 23.1. The molecule has 0 aliphatic rings. The van der Waals surface area contributed by atoms with Crippen LogP contribution in [0.2, 0.25) is 0 Å². The Hall–Kier alpha value is -2.18. The first-order valence-corrected chi connectivity index (χ1v) is 33.9. The van der Waals surface area contributed by atoms with Crippen LogP contribution >= 0.6 is 0 Å². The number of nitrogens with one attached hydrogen (secondary N) is 1. The Morgan fingerprint density at radius 2 is 0.658 bits per heavy atom. The summed E-state index contributed by atoms with van der Waals surface area (Å²) in [6.07, 6.45) is 84.5. The summed E-state index contributed by atoms with van der Waals surface area (Å²) in [5.41, 5.74) is 0. The molecule has 2 atom stereocenters. The second-order valence-corrected chi connectivity index (χ2v) is 23.1. The zero-order valence-electron chi connectivity index (χ0n) is 51.0. The first-order valence-electron chi connectivity index (χ1n) is 33.9. The van der Waals surface area contributed by atoms with Crippen molar-refractivity contribution in [1.29, 1.82) is 0 Å². The molecule has 0 rings (SSSR count). The molecule has 0 heterocycles. The van der Waals surface area contributed by atoms with E-state index in [1.165, 1.54) is 263 Å². The molecule has 6 nitrogen and oxygen atoms in total. The lowest BCUT2D eigenvalue weighted by atomic mass is 10.0. The quantitative estimate of drug-likeness (QED) is 0.0320. The third-order valence-corrected chi connectivity index (χ3v) is 15.6. The van der Waals surface area contributed by atoms with Gasteiger partial charge in [-0.1, -0.05) is 306 Å². The first-order chi connectivity index (χ1) is 37.5. The fraction of sp³-hybridized carbons (Fsp3) is 0.857. The van der Waals surface area contributed by atoms with Crippen molar-refractivity contribution in [2.45, 2.75) is 373 Å². The molecular weight excluding hydrogens is 935 g/mol. The molecule has 0 saturated carbocycles. The monoisotopic (exact) mass is 1070 g/mol. The van der Waals surface area contributed by atoms with Gasteiger partial charge >= 0.3 is 5.97 Å². The molecule has 0 aromatic heterocycles. The van der Waals surface area contributed by atoms with Crippen LogP contribution in [0.1, 0.15) is 361 Å². The number of unbranched alkanes of at least 4 members (excludes halogenated alkanes) is 46. The van der Waals surface area contributed by atoms with Crippen molar-refractivity contribution in [2.75, 3.05) is 13.2 Å². The molecule has 1 amide bonds. The van der Waals surface area contributed by atoms with Gasteiger partial charge in [-0.2, -0.15) is 0 Å². The van der Waals surface area contributed by atoms with Gasteiger partial charge in [0.15, 0.2) is 0 Å². The summed E-state index contributed by atoms with van der Waals surface area (Å²) < 4.78 is 5.50. The smallest absolute Gasteiger partial charge is 0.305 e. The molecule has 0 bridgehead atoms. The van der Waals surface area contributed by atoms with Crippen molar-refractivity contribution >= 4 is 11.9 Å². The van der Waals surface area contributed by atoms with E-state index in [0.717, 1.165) is 70.6 Å². The predicted octanol–water partition coefficient (Wildman–Crippen LogP) is 21.7. The average Bonchev–Trinajstić information content (AvgIpc) is 3.42. The van der Waals surface area contributed by atoms with Crippen LogP contribution in [0.25, 0.3) is 0 Å². The van der Waals surface area contributed by atoms with Crippen molar-refractivity contribution in [3.05, 3.63) is 48.6 Å². The first kappa shape index (κ1) is 73.8. The Kier molecular flexibility index (Phi) is 63.5. The van der Waals surface area contributed by atoms with Gasteiger partial charge in [0.25, 0.3) is 0 Å². The lowest BCUT2D eigenvalue weighted by Crippen LogP contribution is -2.45. The molecule has 0 aromatic rings. The molecule has 2 unspecified atom stereocenters. The minimum Gasteiger partial charge on any atom is -0.466 e. The topological polar surface area (TPSA) is 95.9 Å². The van der Waals surface area contributed by atoms with E-state index in [1.807, 2.05) is 6.08 Å². The molecule has 446 valence electrons. The van der Waals surface area contributed by atoms with Gasteiger partial charge in [-0.05, 0) is 89.9 Å². The van der Waals surface area contributed by atoms with Crippen LogP contribution in [-0.2, 0) is 14.3 Å². The Balaban J connectivity index is 3.47. The Morgan fingerprint density at radius 1 is 0.368 bits per heavy atom. The minimum atomic E-state index is -0.855. The largest absolute Gasteiger partial charge is 0.466 e. The van der Waals surface area contributed by atoms with E-state index in [1.54, 1.807) is 6.08 Å². The number of ether oxygens (including phenoxy) is 1. The summed E-state index contributed by atoms with van der Waals surface area (Å²) >= 11 is 0. The third-order valence-electron chi connectivity index (χ3n) is 15.6. The maximum absolute atomic E-state index is 12.5. The molecule has 0 aliphatic heterocycles. The van der Waals surface area contributed by atoms with E-state index in [2.05, 4.69) is 55.6 Å². The number of aliphatic hydroxyl groups excluding tert-OH is 2. The third kappa shape index (κ3) is 61.0. The van der Waals surface area contributed by atoms with E-state index in [0.29, 0.717) is 19.4 Å². The van der Waals surface area contributed by atoms with Crippen molar-refractivity contribution < 1.29 is 24.5 Å². The highest BCUT2D eigenvalue weighted by Crippen LogP contribution is 2.18. The van der Waals surface area contributed by atoms with Gasteiger partial charge < -0.3 is 20.3 Å². The van der Waals surface area contributed by atoms with Crippen LogP contribution in [0.5, 0.6) is 0 Å². The van der Waals surface area contributed by atoms with Crippen molar-refractivity contribution in [3.63, 3.8) is 0 Å². The summed E-state index contributed by atoms with van der Waals surface area (Å²) in [6, 6.07) is -0.640. The van der Waals surface area contributed by atoms with Crippen molar-refractivity contribution in [3.8, 4) is 0 Å². The lowest BCUT2D eigenvalue weighted by Gasteiger charge is -2.20. The summed E-state index contributed by atoms with van der Waals surface area (Å²) in [5, 5.41) is 23.2. The van der Waals surface area contributed by atoms with Crippen LogP contribution in [0.15, 0.2) is 48.6 Å². The molecule has 3 N–H and O–H groups in total. The fourth-order valence-corrected chi connectivity index (χ4v) is 10.4. The Bertz CT molecular complexity index is 1270. The molecule has 0 radical (unpaired) electrons. The molecule has 76 heavy (non-hydrogen) atoms. The van der Waals surface area contributed by atoms with Crippen molar-refractivity contribution in [2.24, 2.45) is 0 Å². The molecule has 0 fully saturated rings. The van der Waals surface area contributed by atoms with Gasteiger partial charge in [0.2, 0.25) is 5.91 Å². The molecular formula is C70H131NO5. The van der Waals surface area contributed by atoms with E-state index in [-0.39, 0.29) is 18.5 Å². The van der Waals surface area contributed by atoms with Gasteiger partial charge in [-0.15, -0.1) is 0 Å². The van der Waals surface area contributed by atoms with Gasteiger partial charge in [0.05, 0.1) is 25.4 Å². The van der Waals surface area contributed by atoms with Crippen LogP contribution in [0.3, 0.4) is 0 Å². The van der Waals surface area contributed by atoms with Gasteiger partial charge in [0, 0.05) is 12.8 Å². The summed E-state index contributed by atoms with van der Waals surface area (Å²) in [5.74, 6) is -0.0811. The Morgan fingerprint density at radius 3 is 1.04 bits per heavy atom. The van der Waals surface area contributed by atoms with E-state index < -0.39 is 12.1 Å². The summed E-state index contributed by atoms with van der Waals surface area (Å²) in [7, 11) is 0. The van der Waals surface area contributed by atoms with Gasteiger partial charge in [0.1, 0.15) is 0 Å². The normalized spacial score (nSPS) is 12.8. The lowest BCUT2D eigenvalue weighted by molar-refractivity contribution is -0.143. The molecule has 0 aliphatic carbocycles. The van der Waals surface area contributed by atoms with E-state index >= 15 is 0 Å². The number of carbonyl (C=O) groups excluding carboxylic acids is 2. The number of esters is 1. The number of rotatable bonds is 63. The molecule has 6 heteroatoms. The van der Waals surface area contributed by atoms with Crippen LogP contribution in [0.4, 0.5) is 0 Å². The Labute approximate surface area is 474 Å². The van der Waals surface area contributed by atoms with Gasteiger partial charge in [-0.3, -0.25) is 9.59 Å². The average molecular weight is 1070 g/mol. The summed E-state index contributed by atoms with van der Waals surface area (Å²) in [6.45, 7) is 4.89. The zero-order valence-corrected chi connectivity index (χ0v) is 51.0. The fourth-order valence-electron chi connectivity index (χ4n) is 10.4. The van der Waals surface area contributed by atoms with Crippen LogP contribution < -0.4 is 5.32 Å². The number of amides is 1. The highest BCUT2D eigenvalue weighted by Gasteiger charge is 2.18. The highest BCUT2D eigenvalue weighted by molar-refractivity contribution is 5.76. The van der Waals surface area contributed by atoms with E-state index in [9.17, 15) is 19.8 Å². The van der Waals surface area contributed by atoms with Crippen LogP contribution in [-0.4, -0.2) is 47.4 Å². The molecule has 0 spiro atoms. The molecule has 0 aromatic carbocycles. The number of hydrogen-bond donors (Lipinski definition) is 3. The predicted molar refractivity (Wildman–Crippen MR) is 333 cm³/mol. The number of allylic oxidation sites excluding steroid dienone is 7. The molecule has 0 saturated heterocycles. The highest BCUT2D eigenvalue weighted by atomic mass is 16.5. The van der Waals surface area contributed by atoms with Crippen LogP contribution in [0, 0.1) is 0 Å². The summed E-state index contributed by atoms with van der Waals surface area (Å²) in [4.78, 5) is 24.6. The van der Waals surface area contributed by atoms with E-state index in [4.69, 9.17) is 4.74 Å². The SMILES string of the molecule is CCCCC/C=C\C/C=C\CCCCCCCCCCCC(=O)OCCCCCCCCCCC/C=C\CCCCCCCC(=O)NC(CO)C(O)/C=C/CCCCCCCCCCCCCCCCCCCCCC. The van der Waals surface area contributed by atoms with Gasteiger partial charge in [-0.25, -0.2) is 0 Å². The second kappa shape index (κ2) is 65.3. The number of hydrogen-bond acceptors (Lipinski definition) is 5. The number of carbonyl (C=O) groups is 2. The minimum absolute atomic E-state index is 0.00136. The maximum Gasteiger partial charge on any atom is 0.305 e. The number of aliphatic hydroxyl groups is 2. The standard InChI is InChI=1S/C70H131NO5/c1-3-5-7-9-11-13-15-17-19-21-23-24-25-27-30-34-38-42-46-50-54-58-62-68(73)67(66-72)71-69(74)63-59-55-51-47-43-39-35-31-28-29-33-37-41-45-49-53-57-61-65-76-70(75)64-60-56-52-48-44-40-36-32-26-22-20-18-16-14-12-10-8-6-4-2/h12,14,18,20,31,35,58,62,67-68,72-73H,3-11,13,15-17,19,21-30,32-34,36-57,59-61,63-66H2,1-2H3,(H,71,74)/b14-12-,20-18-,35-31-,62-58+. The maximum atomic E-state index is 12.5. The zero-order chi connectivity index (χ0) is 55.0.